The number of aromatic nitrogens is 2. The molecule has 130 valence electrons. The number of nitrogens with two attached hydrogens (primary N) is 1. The van der Waals surface area contributed by atoms with Crippen LogP contribution in [0.3, 0.4) is 0 Å². The van der Waals surface area contributed by atoms with Crippen molar-refractivity contribution in [2.24, 2.45) is 0 Å². The van der Waals surface area contributed by atoms with Crippen LogP contribution in [0.15, 0.2) is 72.1 Å². The fourth-order valence-corrected chi connectivity index (χ4v) is 4.32. The van der Waals surface area contributed by atoms with Gasteiger partial charge in [-0.25, -0.2) is 9.97 Å². The van der Waals surface area contributed by atoms with E-state index in [0.29, 0.717) is 10.8 Å². The minimum Gasteiger partial charge on any atom is -0.382 e. The van der Waals surface area contributed by atoms with Crippen molar-refractivity contribution in [2.45, 2.75) is 0 Å². The number of hydrogen-bond acceptors (Lipinski definition) is 4. The molecule has 0 atom stereocenters. The second kappa shape index (κ2) is 6.34. The fraction of sp³-hybridized carbons (Fsp3) is 0. The second-order valence-corrected chi connectivity index (χ2v) is 7.67. The number of thiophene rings is 1. The zero-order valence-electron chi connectivity index (χ0n) is 14.2. The van der Waals surface area contributed by atoms with Gasteiger partial charge in [0.05, 0.1) is 15.9 Å². The molecule has 0 saturated heterocycles. The summed E-state index contributed by atoms with van der Waals surface area (Å²) in [4.78, 5) is 10.6. The standard InChI is InChI=1S/C22H14ClN3S/c23-15-7-3-6-14(11-15)19-16-8-2-1-5-13(16)12-17-20(19)26-21(22(24)25-17)18-9-4-10-27-18/h1-12H,(H2,24,25). The molecule has 0 aliphatic carbocycles. The molecule has 0 aliphatic rings. The van der Waals surface area contributed by atoms with Gasteiger partial charge in [0.15, 0.2) is 5.82 Å². The summed E-state index contributed by atoms with van der Waals surface area (Å²) in [5, 5.41) is 4.91. The molecule has 5 rings (SSSR count). The average molecular weight is 388 g/mol. The maximum absolute atomic E-state index is 6.28. The molecule has 5 aromatic rings. The molecule has 3 nitrogen and oxygen atoms in total. The van der Waals surface area contributed by atoms with Crippen LogP contribution in [-0.4, -0.2) is 9.97 Å². The van der Waals surface area contributed by atoms with Crippen molar-refractivity contribution in [3.8, 4) is 21.7 Å². The molecule has 0 fully saturated rings. The van der Waals surface area contributed by atoms with Crippen LogP contribution in [0.5, 0.6) is 0 Å². The lowest BCUT2D eigenvalue weighted by atomic mass is 9.96. The van der Waals surface area contributed by atoms with Gasteiger partial charge in [-0.1, -0.05) is 54.1 Å². The van der Waals surface area contributed by atoms with E-state index in [4.69, 9.17) is 22.3 Å². The van der Waals surface area contributed by atoms with Crippen LogP contribution < -0.4 is 5.73 Å². The lowest BCUT2D eigenvalue weighted by Crippen LogP contribution is -1.99. The molecule has 27 heavy (non-hydrogen) atoms. The van der Waals surface area contributed by atoms with Crippen molar-refractivity contribution in [3.05, 3.63) is 77.1 Å². The number of nitrogens with zero attached hydrogens (tertiary/aromatic N) is 2. The summed E-state index contributed by atoms with van der Waals surface area (Å²) >= 11 is 7.88. The van der Waals surface area contributed by atoms with Gasteiger partial charge < -0.3 is 5.73 Å². The maximum atomic E-state index is 6.28. The topological polar surface area (TPSA) is 51.8 Å². The molecule has 2 N–H and O–H groups in total. The zero-order valence-corrected chi connectivity index (χ0v) is 15.8. The highest BCUT2D eigenvalue weighted by atomic mass is 35.5. The second-order valence-electron chi connectivity index (χ2n) is 6.29. The third-order valence-electron chi connectivity index (χ3n) is 4.58. The van der Waals surface area contributed by atoms with Gasteiger partial charge in [0, 0.05) is 10.6 Å². The van der Waals surface area contributed by atoms with Crippen LogP contribution in [-0.2, 0) is 0 Å². The Morgan fingerprint density at radius 2 is 1.78 bits per heavy atom. The predicted molar refractivity (Wildman–Crippen MR) is 115 cm³/mol. The van der Waals surface area contributed by atoms with E-state index in [1.54, 1.807) is 11.3 Å². The molecule has 0 saturated carbocycles. The maximum Gasteiger partial charge on any atom is 0.151 e. The number of benzene rings is 3. The van der Waals surface area contributed by atoms with E-state index in [1.807, 2.05) is 53.9 Å². The third kappa shape index (κ3) is 2.74. The van der Waals surface area contributed by atoms with Crippen LogP contribution >= 0.6 is 22.9 Å². The van der Waals surface area contributed by atoms with Gasteiger partial charge in [-0.3, -0.25) is 0 Å². The van der Waals surface area contributed by atoms with Crippen LogP contribution in [0.4, 0.5) is 5.82 Å². The van der Waals surface area contributed by atoms with E-state index in [-0.39, 0.29) is 0 Å². The van der Waals surface area contributed by atoms with E-state index in [1.165, 1.54) is 0 Å². The summed E-state index contributed by atoms with van der Waals surface area (Å²) in [6.07, 6.45) is 0. The van der Waals surface area contributed by atoms with Gasteiger partial charge in [0.2, 0.25) is 0 Å². The van der Waals surface area contributed by atoms with Gasteiger partial charge in [0.25, 0.3) is 0 Å². The Morgan fingerprint density at radius 1 is 0.889 bits per heavy atom. The molecule has 3 aromatic carbocycles. The first-order chi connectivity index (χ1) is 13.2. The molecular formula is C22H14ClN3S. The van der Waals surface area contributed by atoms with Gasteiger partial charge in [-0.05, 0) is 46.0 Å². The molecule has 0 amide bonds. The quantitative estimate of drug-likeness (QED) is 0.356. The number of hydrogen-bond donors (Lipinski definition) is 1. The Balaban J connectivity index is 1.94. The van der Waals surface area contributed by atoms with E-state index >= 15 is 0 Å². The van der Waals surface area contributed by atoms with Crippen molar-refractivity contribution in [1.29, 1.82) is 0 Å². The lowest BCUT2D eigenvalue weighted by molar-refractivity contribution is 1.32. The molecule has 0 bridgehead atoms. The van der Waals surface area contributed by atoms with Crippen molar-refractivity contribution in [1.82, 2.24) is 9.97 Å². The molecule has 5 heteroatoms. The zero-order chi connectivity index (χ0) is 18.4. The monoisotopic (exact) mass is 387 g/mol. The van der Waals surface area contributed by atoms with Gasteiger partial charge in [0.1, 0.15) is 5.69 Å². The van der Waals surface area contributed by atoms with E-state index in [0.717, 1.165) is 43.5 Å². The van der Waals surface area contributed by atoms with E-state index in [9.17, 15) is 0 Å². The number of nitrogen functional groups attached to an aromatic ring is 1. The molecule has 0 radical (unpaired) electrons. The van der Waals surface area contributed by atoms with Crippen molar-refractivity contribution in [2.75, 3.05) is 5.73 Å². The van der Waals surface area contributed by atoms with E-state index in [2.05, 4.69) is 23.2 Å². The van der Waals surface area contributed by atoms with Crippen LogP contribution in [0, 0.1) is 0 Å². The first kappa shape index (κ1) is 16.2. The summed E-state index contributed by atoms with van der Waals surface area (Å²) in [7, 11) is 0. The molecule has 0 unspecified atom stereocenters. The van der Waals surface area contributed by atoms with Crippen LogP contribution in [0.1, 0.15) is 0 Å². The third-order valence-corrected chi connectivity index (χ3v) is 5.69. The van der Waals surface area contributed by atoms with E-state index < -0.39 is 0 Å². The normalized spacial score (nSPS) is 11.3. The average Bonchev–Trinajstić information content (AvgIpc) is 3.20. The first-order valence-electron chi connectivity index (χ1n) is 8.49. The minimum absolute atomic E-state index is 0.442. The summed E-state index contributed by atoms with van der Waals surface area (Å²) in [6.45, 7) is 0. The smallest absolute Gasteiger partial charge is 0.151 e. The van der Waals surface area contributed by atoms with Gasteiger partial charge >= 0.3 is 0 Å². The Bertz CT molecular complexity index is 1300. The van der Waals surface area contributed by atoms with Crippen LogP contribution in [0.2, 0.25) is 5.02 Å². The molecule has 2 aromatic heterocycles. The predicted octanol–water partition coefficient (Wildman–Crippen LogP) is 6.41. The summed E-state index contributed by atoms with van der Waals surface area (Å²) in [5.74, 6) is 0.442. The molecule has 0 spiro atoms. The largest absolute Gasteiger partial charge is 0.382 e. The summed E-state index contributed by atoms with van der Waals surface area (Å²) in [6, 6.07) is 22.1. The Morgan fingerprint density at radius 3 is 2.59 bits per heavy atom. The summed E-state index contributed by atoms with van der Waals surface area (Å²) < 4.78 is 0. The highest BCUT2D eigenvalue weighted by molar-refractivity contribution is 7.13. The van der Waals surface area contributed by atoms with Crippen LogP contribution in [0.25, 0.3) is 43.5 Å². The Labute approximate surface area is 165 Å². The van der Waals surface area contributed by atoms with Crippen molar-refractivity contribution in [3.63, 3.8) is 0 Å². The number of rotatable bonds is 2. The Kier molecular flexibility index (Phi) is 3.81. The highest BCUT2D eigenvalue weighted by Crippen LogP contribution is 2.38. The molecule has 0 aliphatic heterocycles. The lowest BCUT2D eigenvalue weighted by Gasteiger charge is -2.13. The van der Waals surface area contributed by atoms with Crippen molar-refractivity contribution < 1.29 is 0 Å². The fourth-order valence-electron chi connectivity index (χ4n) is 3.40. The van der Waals surface area contributed by atoms with Gasteiger partial charge in [-0.2, -0.15) is 0 Å². The summed E-state index contributed by atoms with van der Waals surface area (Å²) in [5.41, 5.74) is 10.6. The number of fused-ring (bicyclic) bond motifs is 2. The Hall–Kier alpha value is -2.95. The van der Waals surface area contributed by atoms with Gasteiger partial charge in [-0.15, -0.1) is 11.3 Å². The highest BCUT2D eigenvalue weighted by Gasteiger charge is 2.16. The van der Waals surface area contributed by atoms with Crippen molar-refractivity contribution >= 4 is 50.6 Å². The first-order valence-corrected chi connectivity index (χ1v) is 9.75. The SMILES string of the molecule is Nc1nc2cc3ccccc3c(-c3cccc(Cl)c3)c2nc1-c1cccs1. The molecular weight excluding hydrogens is 374 g/mol. The minimum atomic E-state index is 0.442. The number of halogens is 1. The number of anilines is 1. The molecule has 2 heterocycles.